The van der Waals surface area contributed by atoms with Crippen LogP contribution in [0, 0.1) is 17.6 Å². The SMILES string of the molecule is CN1CCC(c2ccc(NC3CCC(=O)NC3=O)cc2F)CC1.O=C(C1CCCCC1)N1CCC(Nc2ncc(F)c(-c3cccc(N4CCCOC4=O)c3)n2)CC1. The fourth-order valence-electron chi connectivity index (χ4n) is 8.58. The Morgan fingerprint density at radius 3 is 2.34 bits per heavy atom. The van der Waals surface area contributed by atoms with E-state index in [4.69, 9.17) is 4.74 Å². The lowest BCUT2D eigenvalue weighted by Crippen LogP contribution is -2.47. The van der Waals surface area contributed by atoms with Gasteiger partial charge in [-0.1, -0.05) is 37.5 Å². The van der Waals surface area contributed by atoms with Crippen LogP contribution < -0.4 is 20.9 Å². The number of nitrogens with zero attached hydrogens (tertiary/aromatic N) is 5. The van der Waals surface area contributed by atoms with Crippen molar-refractivity contribution in [2.75, 3.05) is 61.9 Å². The largest absolute Gasteiger partial charge is 0.449 e. The monoisotopic (exact) mass is 800 g/mol. The molecule has 1 atom stereocenters. The first-order valence-corrected chi connectivity index (χ1v) is 20.8. The number of hydrogen-bond acceptors (Lipinski definition) is 10. The molecule has 13 nitrogen and oxygen atoms in total. The van der Waals surface area contributed by atoms with Gasteiger partial charge in [-0.05, 0) is 107 Å². The maximum absolute atomic E-state index is 14.7. The first kappa shape index (κ1) is 41.0. The molecule has 2 aromatic carbocycles. The lowest BCUT2D eigenvalue weighted by atomic mass is 9.87. The van der Waals surface area contributed by atoms with Crippen LogP contribution in [0.3, 0.4) is 0 Å². The maximum Gasteiger partial charge on any atom is 0.414 e. The molecular formula is C43H54F2N8O5. The van der Waals surface area contributed by atoms with E-state index in [1.54, 1.807) is 29.2 Å². The molecule has 1 unspecified atom stereocenters. The average Bonchev–Trinajstić information content (AvgIpc) is 3.24. The minimum Gasteiger partial charge on any atom is -0.449 e. The Morgan fingerprint density at radius 1 is 0.845 bits per heavy atom. The number of aromatic nitrogens is 2. The number of carbonyl (C=O) groups excluding carboxylic acids is 4. The smallest absolute Gasteiger partial charge is 0.414 e. The van der Waals surface area contributed by atoms with E-state index < -0.39 is 18.0 Å². The van der Waals surface area contributed by atoms with Crippen molar-refractivity contribution in [1.29, 1.82) is 0 Å². The summed E-state index contributed by atoms with van der Waals surface area (Å²) in [4.78, 5) is 62.2. The molecule has 0 bridgehead atoms. The van der Waals surface area contributed by atoms with E-state index in [0.717, 1.165) is 89.5 Å². The first-order chi connectivity index (χ1) is 28.1. The highest BCUT2D eigenvalue weighted by molar-refractivity contribution is 6.01. The summed E-state index contributed by atoms with van der Waals surface area (Å²) in [6.45, 7) is 4.38. The number of rotatable bonds is 8. The second kappa shape index (κ2) is 19.0. The lowest BCUT2D eigenvalue weighted by molar-refractivity contribution is -0.137. The number of halogens is 2. The number of anilines is 3. The van der Waals surface area contributed by atoms with E-state index >= 15 is 0 Å². The van der Waals surface area contributed by atoms with Crippen molar-refractivity contribution in [1.82, 2.24) is 25.1 Å². The summed E-state index contributed by atoms with van der Waals surface area (Å²) in [6, 6.07) is 11.8. The topological polar surface area (TPSA) is 149 Å². The van der Waals surface area contributed by atoms with Crippen LogP contribution in [0.5, 0.6) is 0 Å². The number of hydrogen-bond donors (Lipinski definition) is 3. The average molecular weight is 801 g/mol. The summed E-state index contributed by atoms with van der Waals surface area (Å²) >= 11 is 0. The van der Waals surface area contributed by atoms with Gasteiger partial charge in [0.25, 0.3) is 0 Å². The summed E-state index contributed by atoms with van der Waals surface area (Å²) in [5, 5.41) is 8.64. The maximum atomic E-state index is 14.7. The van der Waals surface area contributed by atoms with Gasteiger partial charge in [0.05, 0.1) is 12.8 Å². The van der Waals surface area contributed by atoms with Gasteiger partial charge in [-0.2, -0.15) is 0 Å². The Morgan fingerprint density at radius 2 is 1.62 bits per heavy atom. The predicted octanol–water partition coefficient (Wildman–Crippen LogP) is 6.46. The number of carbonyl (C=O) groups is 4. The molecule has 4 amide bonds. The van der Waals surface area contributed by atoms with Gasteiger partial charge in [0.2, 0.25) is 23.7 Å². The summed E-state index contributed by atoms with van der Waals surface area (Å²) in [5.74, 6) is -0.228. The van der Waals surface area contributed by atoms with Gasteiger partial charge in [0.1, 0.15) is 17.6 Å². The molecule has 0 radical (unpaired) electrons. The molecular weight excluding hydrogens is 747 g/mol. The second-order valence-corrected chi connectivity index (χ2v) is 16.1. The van der Waals surface area contributed by atoms with Crippen molar-refractivity contribution in [3.8, 4) is 11.3 Å². The van der Waals surface area contributed by atoms with Gasteiger partial charge in [-0.3, -0.25) is 24.6 Å². The first-order valence-electron chi connectivity index (χ1n) is 20.8. The van der Waals surface area contributed by atoms with E-state index in [2.05, 4.69) is 37.9 Å². The molecule has 1 saturated carbocycles. The molecule has 310 valence electrons. The Bertz CT molecular complexity index is 1950. The van der Waals surface area contributed by atoms with Gasteiger partial charge in [-0.15, -0.1) is 0 Å². The fraction of sp³-hybridized carbons (Fsp3) is 0.535. The van der Waals surface area contributed by atoms with E-state index in [1.165, 1.54) is 18.7 Å². The molecule has 3 N–H and O–H groups in total. The molecule has 5 heterocycles. The zero-order valence-electron chi connectivity index (χ0n) is 33.2. The van der Waals surface area contributed by atoms with E-state index in [-0.39, 0.29) is 41.2 Å². The highest BCUT2D eigenvalue weighted by atomic mass is 19.1. The van der Waals surface area contributed by atoms with E-state index in [1.807, 2.05) is 17.0 Å². The number of piperidine rings is 3. The molecule has 3 aromatic rings. The zero-order valence-corrected chi connectivity index (χ0v) is 33.2. The lowest BCUT2D eigenvalue weighted by Gasteiger charge is -2.35. The van der Waals surface area contributed by atoms with Gasteiger partial charge >= 0.3 is 6.09 Å². The van der Waals surface area contributed by atoms with Crippen molar-refractivity contribution >= 4 is 41.1 Å². The minimum atomic E-state index is -0.526. The Labute approximate surface area is 338 Å². The number of cyclic esters (lactones) is 1. The van der Waals surface area contributed by atoms with Gasteiger partial charge in [0, 0.05) is 55.0 Å². The highest BCUT2D eigenvalue weighted by Gasteiger charge is 2.30. The summed E-state index contributed by atoms with van der Waals surface area (Å²) < 4.78 is 34.3. The summed E-state index contributed by atoms with van der Waals surface area (Å²) in [6.07, 6.45) is 11.4. The summed E-state index contributed by atoms with van der Waals surface area (Å²) in [5.41, 5.74) is 2.73. The van der Waals surface area contributed by atoms with Crippen LogP contribution in [0.25, 0.3) is 11.3 Å². The van der Waals surface area contributed by atoms with Crippen molar-refractivity contribution < 1.29 is 32.7 Å². The molecule has 1 aromatic heterocycles. The molecule has 5 fully saturated rings. The number of ether oxygens (including phenoxy) is 1. The predicted molar refractivity (Wildman–Crippen MR) is 216 cm³/mol. The molecule has 58 heavy (non-hydrogen) atoms. The highest BCUT2D eigenvalue weighted by Crippen LogP contribution is 2.32. The normalized spacial score (nSPS) is 21.4. The number of amides is 4. The molecule has 0 spiro atoms. The molecule has 5 aliphatic rings. The molecule has 8 rings (SSSR count). The number of imide groups is 1. The Hall–Kier alpha value is -5.18. The van der Waals surface area contributed by atoms with Crippen LogP contribution in [0.4, 0.5) is 30.9 Å². The van der Waals surface area contributed by atoms with Crippen molar-refractivity contribution in [3.63, 3.8) is 0 Å². The van der Waals surface area contributed by atoms with Crippen LogP contribution in [0.1, 0.15) is 88.5 Å². The summed E-state index contributed by atoms with van der Waals surface area (Å²) in [7, 11) is 2.08. The van der Waals surface area contributed by atoms with E-state index in [9.17, 15) is 28.0 Å². The third-order valence-electron chi connectivity index (χ3n) is 12.0. The third kappa shape index (κ3) is 10.3. The number of benzene rings is 2. The molecule has 1 aliphatic carbocycles. The van der Waals surface area contributed by atoms with Gasteiger partial charge in [-0.25, -0.2) is 23.5 Å². The molecule has 15 heteroatoms. The van der Waals surface area contributed by atoms with Gasteiger partial charge in [0.15, 0.2) is 5.82 Å². The van der Waals surface area contributed by atoms with Gasteiger partial charge < -0.3 is 25.2 Å². The van der Waals surface area contributed by atoms with Crippen molar-refractivity contribution in [3.05, 3.63) is 65.9 Å². The molecule has 4 saturated heterocycles. The number of likely N-dealkylation sites (tertiary alicyclic amines) is 2. The quantitative estimate of drug-likeness (QED) is 0.217. The van der Waals surface area contributed by atoms with E-state index in [0.29, 0.717) is 54.8 Å². The van der Waals surface area contributed by atoms with Crippen molar-refractivity contribution in [2.45, 2.75) is 95.1 Å². The minimum absolute atomic E-state index is 0.123. The van der Waals surface area contributed by atoms with Crippen LogP contribution in [0.2, 0.25) is 0 Å². The fourth-order valence-corrected chi connectivity index (χ4v) is 8.58. The second-order valence-electron chi connectivity index (χ2n) is 16.1. The van der Waals surface area contributed by atoms with Crippen molar-refractivity contribution in [2.24, 2.45) is 5.92 Å². The van der Waals surface area contributed by atoms with Crippen LogP contribution in [-0.4, -0.2) is 102 Å². The van der Waals surface area contributed by atoms with Crippen LogP contribution in [-0.2, 0) is 19.1 Å². The van der Waals surface area contributed by atoms with Crippen LogP contribution in [0.15, 0.2) is 48.7 Å². The zero-order chi connectivity index (χ0) is 40.6. The van der Waals surface area contributed by atoms with Crippen LogP contribution >= 0.6 is 0 Å². The molecule has 4 aliphatic heterocycles. The number of nitrogens with one attached hydrogen (secondary N) is 3. The standard InChI is InChI=1S/C26H32FN5O3.C17H22FN3O2/c27-22-17-28-25(29-20-10-13-31(14-11-20)24(33)18-6-2-1-3-7-18)30-23(22)19-8-4-9-21(16-19)32-12-5-15-35-26(32)34;1-21-8-6-11(7-9-21)13-3-2-12(10-14(13)18)19-15-4-5-16(22)20-17(15)23/h4,8-9,16-18,20H,1-3,5-7,10-15H2,(H,28,29,30);2-3,10-11,15,19H,4-9H2,1H3,(H,20,22,23). The Balaban J connectivity index is 0.000000193. The Kier molecular flexibility index (Phi) is 13.5. The third-order valence-corrected chi connectivity index (χ3v) is 12.0.